The molecule has 0 saturated heterocycles. The molecule has 0 spiro atoms. The number of hydrogen-bond acceptors (Lipinski definition) is 3. The van der Waals surface area contributed by atoms with E-state index in [2.05, 4.69) is 15.3 Å². The molecule has 0 aliphatic rings. The minimum absolute atomic E-state index is 0.700. The first-order valence-electron chi connectivity index (χ1n) is 3.56. The van der Waals surface area contributed by atoms with E-state index in [0.717, 1.165) is 6.54 Å². The number of rotatable bonds is 4. The van der Waals surface area contributed by atoms with E-state index < -0.39 is 0 Å². The van der Waals surface area contributed by atoms with Crippen LogP contribution in [0, 0.1) is 0 Å². The number of hydrogen-bond donors (Lipinski definition) is 3. The van der Waals surface area contributed by atoms with Gasteiger partial charge in [0.05, 0.1) is 6.67 Å². The van der Waals surface area contributed by atoms with Crippen LogP contribution in [0.3, 0.4) is 0 Å². The first kappa shape index (κ1) is 8.26. The van der Waals surface area contributed by atoms with Crippen LogP contribution in [0.1, 0.15) is 5.56 Å². The Morgan fingerprint density at radius 1 is 1.73 bits per heavy atom. The molecule has 62 valence electrons. The zero-order valence-electron chi connectivity index (χ0n) is 6.67. The van der Waals surface area contributed by atoms with Gasteiger partial charge in [-0.05, 0) is 18.7 Å². The third kappa shape index (κ3) is 2.71. The summed E-state index contributed by atoms with van der Waals surface area (Å²) in [7, 11) is 2.01. The van der Waals surface area contributed by atoms with Crippen LogP contribution in [-0.4, -0.2) is 23.6 Å². The first-order valence-corrected chi connectivity index (χ1v) is 3.56. The van der Waals surface area contributed by atoms with Gasteiger partial charge >= 0.3 is 0 Å². The molecule has 4 heteroatoms. The van der Waals surface area contributed by atoms with Crippen molar-refractivity contribution in [2.45, 2.75) is 6.54 Å². The zero-order chi connectivity index (χ0) is 8.10. The van der Waals surface area contributed by atoms with Crippen molar-refractivity contribution < 1.29 is 0 Å². The first-order chi connectivity index (χ1) is 5.33. The van der Waals surface area contributed by atoms with Gasteiger partial charge in [-0.1, -0.05) is 0 Å². The summed E-state index contributed by atoms with van der Waals surface area (Å²) < 4.78 is 0. The molecule has 4 N–H and O–H groups in total. The van der Waals surface area contributed by atoms with Crippen LogP contribution in [0.5, 0.6) is 0 Å². The lowest BCUT2D eigenvalue weighted by molar-refractivity contribution is 0.302. The van der Waals surface area contributed by atoms with Crippen molar-refractivity contribution in [3.05, 3.63) is 24.0 Å². The summed E-state index contributed by atoms with van der Waals surface area (Å²) in [6.07, 6.45) is 3.89. The highest BCUT2D eigenvalue weighted by atomic mass is 15.3. The molecule has 4 nitrogen and oxygen atoms in total. The number of H-pyrrole nitrogens is 1. The van der Waals surface area contributed by atoms with Gasteiger partial charge in [0.2, 0.25) is 0 Å². The van der Waals surface area contributed by atoms with Crippen molar-refractivity contribution in [1.29, 1.82) is 0 Å². The predicted octanol–water partition coefficient (Wildman–Crippen LogP) is -0.133. The maximum atomic E-state index is 5.16. The number of hydrazine groups is 1. The molecule has 1 aromatic rings. The van der Waals surface area contributed by atoms with Gasteiger partial charge in [0.25, 0.3) is 0 Å². The Kier molecular flexibility index (Phi) is 3.10. The maximum absolute atomic E-state index is 5.16. The molecule has 1 rings (SSSR count). The second-order valence-electron chi connectivity index (χ2n) is 2.60. The molecule has 0 atom stereocenters. The highest BCUT2D eigenvalue weighted by molar-refractivity contribution is 5.07. The number of nitrogens with two attached hydrogens (primary N) is 1. The fraction of sp³-hybridized carbons (Fsp3) is 0.429. The Bertz CT molecular complexity index is 182. The van der Waals surface area contributed by atoms with Crippen LogP contribution in [-0.2, 0) is 6.54 Å². The van der Waals surface area contributed by atoms with Crippen LogP contribution < -0.4 is 11.3 Å². The van der Waals surface area contributed by atoms with E-state index in [1.807, 2.05) is 25.5 Å². The fourth-order valence-corrected chi connectivity index (χ4v) is 0.980. The van der Waals surface area contributed by atoms with E-state index in [9.17, 15) is 0 Å². The number of nitrogens with one attached hydrogen (secondary N) is 2. The SMILES string of the molecule is CN(CNN)Cc1cc[nH]c1. The molecular weight excluding hydrogens is 140 g/mol. The van der Waals surface area contributed by atoms with Gasteiger partial charge in [0.1, 0.15) is 0 Å². The number of aromatic nitrogens is 1. The standard InChI is InChI=1S/C7H14N4/c1-11(6-10-8)5-7-2-3-9-4-7/h2-4,9-10H,5-6,8H2,1H3. The topological polar surface area (TPSA) is 57.1 Å². The Morgan fingerprint density at radius 2 is 2.55 bits per heavy atom. The average molecular weight is 154 g/mol. The van der Waals surface area contributed by atoms with Crippen LogP contribution in [0.25, 0.3) is 0 Å². The molecule has 0 aromatic carbocycles. The number of nitrogens with zero attached hydrogens (tertiary/aromatic N) is 1. The monoisotopic (exact) mass is 154 g/mol. The van der Waals surface area contributed by atoms with Gasteiger partial charge in [0, 0.05) is 18.9 Å². The van der Waals surface area contributed by atoms with Gasteiger partial charge in [-0.3, -0.25) is 10.7 Å². The van der Waals surface area contributed by atoms with Crippen molar-refractivity contribution in [2.24, 2.45) is 5.84 Å². The third-order valence-electron chi connectivity index (χ3n) is 1.48. The Hall–Kier alpha value is -0.840. The Labute approximate surface area is 66.4 Å². The van der Waals surface area contributed by atoms with E-state index in [1.54, 1.807) is 0 Å². The molecule has 0 aliphatic carbocycles. The third-order valence-corrected chi connectivity index (χ3v) is 1.48. The summed E-state index contributed by atoms with van der Waals surface area (Å²) >= 11 is 0. The molecule has 1 aromatic heterocycles. The largest absolute Gasteiger partial charge is 0.367 e. The van der Waals surface area contributed by atoms with Crippen molar-refractivity contribution >= 4 is 0 Å². The van der Waals surface area contributed by atoms with Crippen LogP contribution in [0.2, 0.25) is 0 Å². The molecule has 0 bridgehead atoms. The van der Waals surface area contributed by atoms with E-state index in [1.165, 1.54) is 5.56 Å². The average Bonchev–Trinajstić information content (AvgIpc) is 2.40. The van der Waals surface area contributed by atoms with E-state index in [4.69, 9.17) is 5.84 Å². The second kappa shape index (κ2) is 4.12. The molecule has 1 heterocycles. The van der Waals surface area contributed by atoms with Gasteiger partial charge in [-0.15, -0.1) is 0 Å². The van der Waals surface area contributed by atoms with Crippen LogP contribution >= 0.6 is 0 Å². The highest BCUT2D eigenvalue weighted by Gasteiger charge is 1.97. The maximum Gasteiger partial charge on any atom is 0.0612 e. The molecule has 0 radical (unpaired) electrons. The molecule has 11 heavy (non-hydrogen) atoms. The van der Waals surface area contributed by atoms with Crippen molar-refractivity contribution in [1.82, 2.24) is 15.3 Å². The summed E-state index contributed by atoms with van der Waals surface area (Å²) in [5, 5.41) is 0. The van der Waals surface area contributed by atoms with Crippen molar-refractivity contribution in [2.75, 3.05) is 13.7 Å². The Balaban J connectivity index is 2.31. The van der Waals surface area contributed by atoms with Crippen molar-refractivity contribution in [3.8, 4) is 0 Å². The number of aromatic amines is 1. The van der Waals surface area contributed by atoms with Crippen LogP contribution in [0.15, 0.2) is 18.5 Å². The van der Waals surface area contributed by atoms with E-state index in [-0.39, 0.29) is 0 Å². The van der Waals surface area contributed by atoms with E-state index in [0.29, 0.717) is 6.67 Å². The van der Waals surface area contributed by atoms with E-state index >= 15 is 0 Å². The molecule has 0 amide bonds. The second-order valence-corrected chi connectivity index (χ2v) is 2.60. The zero-order valence-corrected chi connectivity index (χ0v) is 6.67. The van der Waals surface area contributed by atoms with Gasteiger partial charge in [0.15, 0.2) is 0 Å². The summed E-state index contributed by atoms with van der Waals surface area (Å²) in [6.45, 7) is 1.61. The molecule has 0 saturated carbocycles. The van der Waals surface area contributed by atoms with Crippen molar-refractivity contribution in [3.63, 3.8) is 0 Å². The molecule has 0 fully saturated rings. The minimum Gasteiger partial charge on any atom is -0.367 e. The highest BCUT2D eigenvalue weighted by Crippen LogP contribution is 1.99. The predicted molar refractivity (Wildman–Crippen MR) is 44.4 cm³/mol. The van der Waals surface area contributed by atoms with Gasteiger partial charge in [-0.25, -0.2) is 5.43 Å². The quantitative estimate of drug-likeness (QED) is 0.321. The molecular formula is C7H14N4. The summed E-state index contributed by atoms with van der Waals surface area (Å²) in [6, 6.07) is 2.05. The summed E-state index contributed by atoms with van der Waals surface area (Å²) in [5.74, 6) is 5.16. The lowest BCUT2D eigenvalue weighted by Gasteiger charge is -2.13. The minimum atomic E-state index is 0.700. The van der Waals surface area contributed by atoms with Gasteiger partial charge < -0.3 is 4.98 Å². The van der Waals surface area contributed by atoms with Gasteiger partial charge in [-0.2, -0.15) is 0 Å². The fourth-order valence-electron chi connectivity index (χ4n) is 0.980. The smallest absolute Gasteiger partial charge is 0.0612 e. The van der Waals surface area contributed by atoms with Crippen LogP contribution in [0.4, 0.5) is 0 Å². The summed E-state index contributed by atoms with van der Waals surface area (Å²) in [5.41, 5.74) is 3.86. The Morgan fingerprint density at radius 3 is 3.09 bits per heavy atom. The summed E-state index contributed by atoms with van der Waals surface area (Å²) in [4.78, 5) is 5.09. The lowest BCUT2D eigenvalue weighted by atomic mass is 10.3. The lowest BCUT2D eigenvalue weighted by Crippen LogP contribution is -2.34. The molecule has 0 aliphatic heterocycles. The normalized spacial score (nSPS) is 10.8. The molecule has 0 unspecified atom stereocenters.